The molecule has 1 aliphatic carbocycles. The van der Waals surface area contributed by atoms with Gasteiger partial charge in [0.2, 0.25) is 0 Å². The number of ether oxygens (including phenoxy) is 2. The SMILES string of the molecule is CC1=C[C@@H](C2=C(C)[C@@H]3C=C(C)[C@@H](O)CC[C@H]4C[C@@H](C)[C@H](O4)C(C)=CCC[C@@H]4N(C(=O)c5ccc(Br)cc5)CCC[C@@]43CC2)OC1=O. The van der Waals surface area contributed by atoms with E-state index in [2.05, 4.69) is 60.7 Å². The van der Waals surface area contributed by atoms with Gasteiger partial charge in [-0.05, 0) is 138 Å². The molecular weight excluding hydrogens is 642 g/mol. The number of fused-ring (bicyclic) bond motifs is 2. The van der Waals surface area contributed by atoms with Crippen LogP contribution in [0.3, 0.4) is 0 Å². The molecule has 0 saturated carbocycles. The summed E-state index contributed by atoms with van der Waals surface area (Å²) in [6, 6.07) is 7.74. The molecule has 46 heavy (non-hydrogen) atoms. The molecule has 0 unspecified atom stereocenters. The van der Waals surface area contributed by atoms with E-state index >= 15 is 0 Å². The smallest absolute Gasteiger partial charge is 0.334 e. The molecule has 7 heteroatoms. The average molecular weight is 693 g/mol. The Hall–Kier alpha value is -2.48. The highest BCUT2D eigenvalue weighted by atomic mass is 79.9. The van der Waals surface area contributed by atoms with Gasteiger partial charge in [-0.25, -0.2) is 4.79 Å². The van der Waals surface area contributed by atoms with Gasteiger partial charge in [-0.1, -0.05) is 40.6 Å². The fraction of sp³-hybridized carbons (Fsp3) is 0.590. The van der Waals surface area contributed by atoms with Crippen molar-refractivity contribution in [2.24, 2.45) is 17.3 Å². The van der Waals surface area contributed by atoms with Crippen LogP contribution in [0, 0.1) is 17.3 Å². The molecular formula is C39H50BrNO5. The topological polar surface area (TPSA) is 76.1 Å². The third-order valence-corrected chi connectivity index (χ3v) is 12.3. The van der Waals surface area contributed by atoms with Gasteiger partial charge in [-0.15, -0.1) is 0 Å². The van der Waals surface area contributed by atoms with Gasteiger partial charge in [-0.3, -0.25) is 4.79 Å². The van der Waals surface area contributed by atoms with E-state index in [1.165, 1.54) is 16.7 Å². The van der Waals surface area contributed by atoms with E-state index < -0.39 is 6.10 Å². The second kappa shape index (κ2) is 13.6. The quantitative estimate of drug-likeness (QED) is 0.250. The van der Waals surface area contributed by atoms with Crippen LogP contribution in [-0.2, 0) is 14.3 Å². The maximum Gasteiger partial charge on any atom is 0.334 e. The van der Waals surface area contributed by atoms with E-state index in [1.807, 2.05) is 37.3 Å². The number of rotatable bonds is 2. The molecule has 1 aromatic carbocycles. The Morgan fingerprint density at radius 1 is 1.02 bits per heavy atom. The summed E-state index contributed by atoms with van der Waals surface area (Å²) in [4.78, 5) is 29.0. The van der Waals surface area contributed by atoms with Gasteiger partial charge in [-0.2, -0.15) is 0 Å². The summed E-state index contributed by atoms with van der Waals surface area (Å²) in [5, 5.41) is 11.5. The van der Waals surface area contributed by atoms with Gasteiger partial charge in [0.05, 0.1) is 18.3 Å². The third kappa shape index (κ3) is 6.36. The number of hydrogen-bond acceptors (Lipinski definition) is 5. The fourth-order valence-electron chi connectivity index (χ4n) is 9.24. The van der Waals surface area contributed by atoms with Crippen molar-refractivity contribution in [1.82, 2.24) is 4.90 Å². The van der Waals surface area contributed by atoms with Crippen molar-refractivity contribution >= 4 is 27.8 Å². The Bertz CT molecular complexity index is 1470. The Kier molecular flexibility index (Phi) is 9.85. The standard InChI is InChI=1S/C39H50BrNO5/c1-23-8-6-9-35-39(17-7-19-41(35)37(43)28-10-12-29(40)13-11-28)18-16-31(34-22-26(4)38(44)46-34)27(5)32(39)21-24(2)33(42)15-14-30-20-25(3)36(23)45-30/h8,10-13,21-22,25,30,32-36,42H,6-7,9,14-20H2,1-5H3/t25-,30+,32+,33+,34+,35+,36-,39+/m1/s1. The lowest BCUT2D eigenvalue weighted by Gasteiger charge is -2.56. The maximum absolute atomic E-state index is 14.4. The second-order valence-electron chi connectivity index (χ2n) is 14.6. The first kappa shape index (κ1) is 33.4. The van der Waals surface area contributed by atoms with Gasteiger partial charge < -0.3 is 19.5 Å². The highest BCUT2D eigenvalue weighted by Gasteiger charge is 2.53. The van der Waals surface area contributed by atoms with E-state index in [9.17, 15) is 14.7 Å². The number of hydrogen-bond donors (Lipinski definition) is 1. The van der Waals surface area contributed by atoms with E-state index in [0.29, 0.717) is 23.5 Å². The van der Waals surface area contributed by atoms with Crippen molar-refractivity contribution in [3.05, 3.63) is 80.4 Å². The number of allylic oxidation sites excluding steroid dienone is 3. The Labute approximate surface area is 283 Å². The molecule has 1 spiro atoms. The van der Waals surface area contributed by atoms with Crippen LogP contribution in [0.25, 0.3) is 0 Å². The summed E-state index contributed by atoms with van der Waals surface area (Å²) in [5.74, 6) is 0.286. The molecule has 8 atom stereocenters. The number of nitrogens with zero attached hydrogens (tertiary/aromatic N) is 1. The minimum Gasteiger partial charge on any atom is -0.450 e. The molecule has 6 rings (SSSR count). The van der Waals surface area contributed by atoms with Crippen LogP contribution in [0.1, 0.15) is 103 Å². The van der Waals surface area contributed by atoms with Crippen molar-refractivity contribution in [2.45, 2.75) is 123 Å². The predicted octanol–water partition coefficient (Wildman–Crippen LogP) is 8.26. The summed E-state index contributed by atoms with van der Waals surface area (Å²) in [6.07, 6.45) is 13.8. The first-order valence-electron chi connectivity index (χ1n) is 17.3. The number of carbonyl (C=O) groups excluding carboxylic acids is 2. The van der Waals surface area contributed by atoms with Gasteiger partial charge >= 0.3 is 5.97 Å². The molecule has 4 heterocycles. The first-order valence-corrected chi connectivity index (χ1v) is 18.1. The van der Waals surface area contributed by atoms with Gasteiger partial charge in [0.1, 0.15) is 6.10 Å². The zero-order chi connectivity index (χ0) is 32.7. The molecule has 5 aliphatic rings. The first-order chi connectivity index (χ1) is 22.0. The van der Waals surface area contributed by atoms with Crippen molar-refractivity contribution in [1.29, 1.82) is 0 Å². The van der Waals surface area contributed by atoms with Crippen LogP contribution in [0.4, 0.5) is 0 Å². The Morgan fingerprint density at radius 2 is 1.78 bits per heavy atom. The molecule has 2 bridgehead atoms. The number of likely N-dealkylation sites (tertiary alicyclic amines) is 1. The van der Waals surface area contributed by atoms with Crippen LogP contribution in [0.5, 0.6) is 0 Å². The summed E-state index contributed by atoms with van der Waals surface area (Å²) < 4.78 is 13.4. The van der Waals surface area contributed by atoms with Crippen molar-refractivity contribution < 1.29 is 24.2 Å². The van der Waals surface area contributed by atoms with Crippen molar-refractivity contribution in [3.8, 4) is 0 Å². The molecule has 1 amide bonds. The lowest BCUT2D eigenvalue weighted by molar-refractivity contribution is -0.138. The number of aliphatic hydroxyl groups is 1. The van der Waals surface area contributed by atoms with E-state index in [1.54, 1.807) is 0 Å². The molecule has 1 aromatic rings. The molecule has 0 radical (unpaired) electrons. The second-order valence-corrected chi connectivity index (χ2v) is 15.6. The molecule has 6 nitrogen and oxygen atoms in total. The van der Waals surface area contributed by atoms with Crippen molar-refractivity contribution in [3.63, 3.8) is 0 Å². The fourth-order valence-corrected chi connectivity index (χ4v) is 9.50. The Balaban J connectivity index is 1.46. The van der Waals surface area contributed by atoms with Gasteiger partial charge in [0, 0.05) is 39.5 Å². The van der Waals surface area contributed by atoms with Crippen LogP contribution in [-0.4, -0.2) is 58.9 Å². The monoisotopic (exact) mass is 691 g/mol. The molecule has 0 aromatic heterocycles. The van der Waals surface area contributed by atoms with Crippen LogP contribution < -0.4 is 0 Å². The average Bonchev–Trinajstić information content (AvgIpc) is 3.58. The summed E-state index contributed by atoms with van der Waals surface area (Å²) >= 11 is 3.53. The van der Waals surface area contributed by atoms with E-state index in [0.717, 1.165) is 68.0 Å². The number of cyclic esters (lactones) is 1. The summed E-state index contributed by atoms with van der Waals surface area (Å²) in [6.45, 7) is 11.3. The number of aliphatic hydroxyl groups excluding tert-OH is 1. The zero-order valence-electron chi connectivity index (χ0n) is 28.1. The highest BCUT2D eigenvalue weighted by molar-refractivity contribution is 9.10. The molecule has 1 N–H and O–H groups in total. The number of carbonyl (C=O) groups is 2. The third-order valence-electron chi connectivity index (χ3n) is 11.7. The minimum absolute atomic E-state index is 0.00680. The van der Waals surface area contributed by atoms with Crippen LogP contribution >= 0.6 is 15.9 Å². The van der Waals surface area contributed by atoms with Crippen LogP contribution in [0.2, 0.25) is 0 Å². The van der Waals surface area contributed by atoms with Gasteiger partial charge in [0.15, 0.2) is 0 Å². The number of esters is 1. The lowest BCUT2D eigenvalue weighted by atomic mass is 9.55. The molecule has 2 saturated heterocycles. The van der Waals surface area contributed by atoms with Crippen LogP contribution in [0.15, 0.2) is 74.8 Å². The van der Waals surface area contributed by atoms with Crippen molar-refractivity contribution in [2.75, 3.05) is 6.54 Å². The summed E-state index contributed by atoms with van der Waals surface area (Å²) in [5.41, 5.74) is 5.80. The largest absolute Gasteiger partial charge is 0.450 e. The summed E-state index contributed by atoms with van der Waals surface area (Å²) in [7, 11) is 0. The van der Waals surface area contributed by atoms with E-state index in [-0.39, 0.29) is 47.6 Å². The minimum atomic E-state index is -0.566. The number of piperidine rings is 1. The molecule has 248 valence electrons. The number of benzene rings is 1. The van der Waals surface area contributed by atoms with Gasteiger partial charge in [0.25, 0.3) is 5.91 Å². The number of halogens is 1. The molecule has 4 aliphatic heterocycles. The highest BCUT2D eigenvalue weighted by Crippen LogP contribution is 2.56. The molecule has 2 fully saturated rings. The predicted molar refractivity (Wildman–Crippen MR) is 184 cm³/mol. The maximum atomic E-state index is 14.4. The number of amides is 1. The van der Waals surface area contributed by atoms with E-state index in [4.69, 9.17) is 9.47 Å². The zero-order valence-corrected chi connectivity index (χ0v) is 29.6. The lowest BCUT2D eigenvalue weighted by Crippen LogP contribution is -2.58. The normalized spacial score (nSPS) is 35.6. The Morgan fingerprint density at radius 3 is 2.50 bits per heavy atom.